The highest BCUT2D eigenvalue weighted by molar-refractivity contribution is 5.20. The van der Waals surface area contributed by atoms with E-state index in [1.54, 1.807) is 6.92 Å². The number of rotatable bonds is 2. The first kappa shape index (κ1) is 9.45. The molecule has 2 N–H and O–H groups in total. The maximum atomic E-state index is 9.32. The maximum Gasteiger partial charge on any atom is 0.321 e. The van der Waals surface area contributed by atoms with Crippen molar-refractivity contribution >= 4 is 6.01 Å². The van der Waals surface area contributed by atoms with Crippen molar-refractivity contribution in [3.8, 4) is 0 Å². The Morgan fingerprint density at radius 3 is 2.64 bits per heavy atom. The standard InChI is InChI=1S/C9H15N3O2/c1-6-10-9(14-12-6)11-7-2-4-8(13)5-3-7/h7-8,13H,2-5H2,1H3,(H,10,11,12). The highest BCUT2D eigenvalue weighted by atomic mass is 16.5. The van der Waals surface area contributed by atoms with Crippen molar-refractivity contribution in [2.75, 3.05) is 5.32 Å². The van der Waals surface area contributed by atoms with Crippen molar-refractivity contribution in [1.82, 2.24) is 10.1 Å². The highest BCUT2D eigenvalue weighted by Gasteiger charge is 2.20. The lowest BCUT2D eigenvalue weighted by Gasteiger charge is -2.25. The van der Waals surface area contributed by atoms with Crippen LogP contribution in [0.4, 0.5) is 6.01 Å². The van der Waals surface area contributed by atoms with Crippen LogP contribution in [0.25, 0.3) is 0 Å². The molecule has 0 unspecified atom stereocenters. The lowest BCUT2D eigenvalue weighted by molar-refractivity contribution is 0.125. The number of hydrogen-bond donors (Lipinski definition) is 2. The average molecular weight is 197 g/mol. The van der Waals surface area contributed by atoms with Crippen LogP contribution in [-0.4, -0.2) is 27.4 Å². The molecule has 0 radical (unpaired) electrons. The number of hydrogen-bond acceptors (Lipinski definition) is 5. The van der Waals surface area contributed by atoms with Gasteiger partial charge in [-0.15, -0.1) is 0 Å². The number of anilines is 1. The highest BCUT2D eigenvalue weighted by Crippen LogP contribution is 2.21. The fourth-order valence-corrected chi connectivity index (χ4v) is 1.75. The van der Waals surface area contributed by atoms with Gasteiger partial charge >= 0.3 is 6.01 Å². The van der Waals surface area contributed by atoms with E-state index in [0.29, 0.717) is 17.9 Å². The zero-order valence-electron chi connectivity index (χ0n) is 8.23. The van der Waals surface area contributed by atoms with Crippen LogP contribution in [0.1, 0.15) is 31.5 Å². The van der Waals surface area contributed by atoms with Crippen LogP contribution in [0.3, 0.4) is 0 Å². The predicted octanol–water partition coefficient (Wildman–Crippen LogP) is 1.09. The molecule has 0 amide bonds. The molecule has 1 saturated carbocycles. The minimum absolute atomic E-state index is 0.127. The van der Waals surface area contributed by atoms with Gasteiger partial charge < -0.3 is 14.9 Å². The van der Waals surface area contributed by atoms with E-state index in [2.05, 4.69) is 15.5 Å². The molecule has 14 heavy (non-hydrogen) atoms. The number of aliphatic hydroxyl groups excluding tert-OH is 1. The van der Waals surface area contributed by atoms with E-state index in [-0.39, 0.29) is 6.10 Å². The van der Waals surface area contributed by atoms with Gasteiger partial charge in [0.25, 0.3) is 0 Å². The Kier molecular flexibility index (Phi) is 2.67. The zero-order valence-corrected chi connectivity index (χ0v) is 8.23. The van der Waals surface area contributed by atoms with E-state index in [1.165, 1.54) is 0 Å². The van der Waals surface area contributed by atoms with E-state index in [0.717, 1.165) is 25.7 Å². The molecule has 1 fully saturated rings. The van der Waals surface area contributed by atoms with Crippen molar-refractivity contribution < 1.29 is 9.63 Å². The first-order chi connectivity index (χ1) is 6.74. The zero-order chi connectivity index (χ0) is 9.97. The Bertz CT molecular complexity index is 292. The maximum absolute atomic E-state index is 9.32. The SMILES string of the molecule is Cc1noc(NC2CCC(O)CC2)n1. The van der Waals surface area contributed by atoms with Crippen molar-refractivity contribution in [2.45, 2.75) is 44.8 Å². The Labute approximate surface area is 82.5 Å². The molecule has 1 aromatic rings. The summed E-state index contributed by atoms with van der Waals surface area (Å²) in [7, 11) is 0. The van der Waals surface area contributed by atoms with Crippen LogP contribution in [0.2, 0.25) is 0 Å². The molecule has 0 aromatic carbocycles. The average Bonchev–Trinajstić information content (AvgIpc) is 2.56. The fourth-order valence-electron chi connectivity index (χ4n) is 1.75. The molecular weight excluding hydrogens is 182 g/mol. The van der Waals surface area contributed by atoms with Gasteiger partial charge in [-0.3, -0.25) is 0 Å². The summed E-state index contributed by atoms with van der Waals surface area (Å²) in [6.45, 7) is 1.79. The molecule has 5 nitrogen and oxygen atoms in total. The summed E-state index contributed by atoms with van der Waals surface area (Å²) in [4.78, 5) is 4.07. The molecule has 1 aliphatic rings. The van der Waals surface area contributed by atoms with Gasteiger partial charge in [0.15, 0.2) is 5.82 Å². The van der Waals surface area contributed by atoms with Crippen LogP contribution < -0.4 is 5.32 Å². The van der Waals surface area contributed by atoms with Gasteiger partial charge in [0, 0.05) is 6.04 Å². The lowest BCUT2D eigenvalue weighted by Crippen LogP contribution is -2.28. The van der Waals surface area contributed by atoms with Crippen molar-refractivity contribution in [1.29, 1.82) is 0 Å². The minimum Gasteiger partial charge on any atom is -0.393 e. The number of nitrogens with one attached hydrogen (secondary N) is 1. The molecule has 1 heterocycles. The number of aromatic nitrogens is 2. The van der Waals surface area contributed by atoms with Crippen molar-refractivity contribution in [2.24, 2.45) is 0 Å². The second-order valence-corrected chi connectivity index (χ2v) is 3.80. The van der Waals surface area contributed by atoms with Crippen LogP contribution in [0.15, 0.2) is 4.52 Å². The summed E-state index contributed by atoms with van der Waals surface area (Å²) in [6.07, 6.45) is 3.50. The molecule has 0 spiro atoms. The minimum atomic E-state index is -0.127. The van der Waals surface area contributed by atoms with Gasteiger partial charge in [0.2, 0.25) is 0 Å². The molecule has 1 aromatic heterocycles. The Hall–Kier alpha value is -1.10. The van der Waals surface area contributed by atoms with E-state index in [4.69, 9.17) is 4.52 Å². The molecule has 2 rings (SSSR count). The summed E-state index contributed by atoms with van der Waals surface area (Å²) in [5, 5.41) is 16.2. The van der Waals surface area contributed by atoms with Crippen LogP contribution >= 0.6 is 0 Å². The summed E-state index contributed by atoms with van der Waals surface area (Å²) in [5.74, 6) is 0.642. The van der Waals surface area contributed by atoms with Crippen LogP contribution in [-0.2, 0) is 0 Å². The third kappa shape index (κ3) is 2.23. The van der Waals surface area contributed by atoms with E-state index in [1.807, 2.05) is 0 Å². The second kappa shape index (κ2) is 3.96. The summed E-state index contributed by atoms with van der Waals surface area (Å²) < 4.78 is 4.96. The van der Waals surface area contributed by atoms with Gasteiger partial charge in [0.05, 0.1) is 6.10 Å². The fraction of sp³-hybridized carbons (Fsp3) is 0.778. The lowest BCUT2D eigenvalue weighted by atomic mass is 9.93. The summed E-state index contributed by atoms with van der Waals surface area (Å²) >= 11 is 0. The van der Waals surface area contributed by atoms with Gasteiger partial charge in [-0.25, -0.2) is 0 Å². The Morgan fingerprint density at radius 1 is 1.36 bits per heavy atom. The van der Waals surface area contributed by atoms with Crippen LogP contribution in [0, 0.1) is 6.92 Å². The Balaban J connectivity index is 1.86. The van der Waals surface area contributed by atoms with Crippen molar-refractivity contribution in [3.05, 3.63) is 5.82 Å². The van der Waals surface area contributed by atoms with Gasteiger partial charge in [-0.05, 0) is 32.6 Å². The molecule has 0 saturated heterocycles. The summed E-state index contributed by atoms with van der Waals surface area (Å²) in [5.41, 5.74) is 0. The monoisotopic (exact) mass is 197 g/mol. The first-order valence-electron chi connectivity index (χ1n) is 4.99. The quantitative estimate of drug-likeness (QED) is 0.742. The third-order valence-electron chi connectivity index (χ3n) is 2.55. The molecule has 0 atom stereocenters. The third-order valence-corrected chi connectivity index (χ3v) is 2.55. The topological polar surface area (TPSA) is 71.2 Å². The predicted molar refractivity (Wildman–Crippen MR) is 50.9 cm³/mol. The van der Waals surface area contributed by atoms with Crippen LogP contribution in [0.5, 0.6) is 0 Å². The first-order valence-corrected chi connectivity index (χ1v) is 4.99. The molecule has 0 aliphatic heterocycles. The van der Waals surface area contributed by atoms with E-state index in [9.17, 15) is 5.11 Å². The van der Waals surface area contributed by atoms with Gasteiger partial charge in [0.1, 0.15) is 0 Å². The van der Waals surface area contributed by atoms with Crippen molar-refractivity contribution in [3.63, 3.8) is 0 Å². The molecular formula is C9H15N3O2. The normalized spacial score (nSPS) is 27.6. The number of aryl methyl sites for hydroxylation is 1. The van der Waals surface area contributed by atoms with Gasteiger partial charge in [-0.1, -0.05) is 5.16 Å². The second-order valence-electron chi connectivity index (χ2n) is 3.80. The smallest absolute Gasteiger partial charge is 0.321 e. The Morgan fingerprint density at radius 2 is 2.07 bits per heavy atom. The van der Waals surface area contributed by atoms with E-state index < -0.39 is 0 Å². The molecule has 78 valence electrons. The largest absolute Gasteiger partial charge is 0.393 e. The summed E-state index contributed by atoms with van der Waals surface area (Å²) in [6, 6.07) is 0.849. The number of nitrogens with zero attached hydrogens (tertiary/aromatic N) is 2. The molecule has 0 bridgehead atoms. The van der Waals surface area contributed by atoms with E-state index >= 15 is 0 Å². The number of aliphatic hydroxyl groups is 1. The molecule has 5 heteroatoms. The van der Waals surface area contributed by atoms with Gasteiger partial charge in [-0.2, -0.15) is 4.98 Å². The molecule has 1 aliphatic carbocycles.